The van der Waals surface area contributed by atoms with Gasteiger partial charge in [-0.1, -0.05) is 31.9 Å². The third kappa shape index (κ3) is 2.97. The average molecular weight is 422 g/mol. The molecule has 1 N–H and O–H groups in total. The molecule has 1 aliphatic heterocycles. The molecule has 2 aliphatic rings. The van der Waals surface area contributed by atoms with Crippen molar-refractivity contribution in [1.29, 1.82) is 0 Å². The fourth-order valence-corrected chi connectivity index (χ4v) is 5.83. The first-order chi connectivity index (χ1) is 14.5. The topological polar surface area (TPSA) is 54.3 Å². The molecule has 1 fully saturated rings. The Morgan fingerprint density at radius 2 is 2.03 bits per heavy atom. The first-order valence-corrected chi connectivity index (χ1v) is 11.7. The van der Waals surface area contributed by atoms with Gasteiger partial charge in [-0.2, -0.15) is 0 Å². The molecule has 1 aromatic carbocycles. The molecule has 6 heteroatoms. The van der Waals surface area contributed by atoms with E-state index in [1.54, 1.807) is 16.2 Å². The van der Waals surface area contributed by atoms with E-state index in [0.717, 1.165) is 53.6 Å². The largest absolute Gasteiger partial charge is 0.351 e. The SMILES string of the molecule is CCc1cccc(N2C(=O)c3cc4ccsc4n3C[C@]2(C)C(=O)NC2CCCC2)c1. The minimum absolute atomic E-state index is 0.0614. The van der Waals surface area contributed by atoms with Crippen LogP contribution < -0.4 is 10.2 Å². The smallest absolute Gasteiger partial charge is 0.275 e. The molecule has 0 radical (unpaired) electrons. The normalized spacial score (nSPS) is 21.9. The zero-order chi connectivity index (χ0) is 20.9. The summed E-state index contributed by atoms with van der Waals surface area (Å²) in [6.45, 7) is 4.46. The lowest BCUT2D eigenvalue weighted by atomic mass is 9.93. The number of anilines is 1. The van der Waals surface area contributed by atoms with Crippen molar-refractivity contribution in [1.82, 2.24) is 9.88 Å². The summed E-state index contributed by atoms with van der Waals surface area (Å²) in [5, 5.41) is 6.36. The van der Waals surface area contributed by atoms with Crippen LogP contribution in [0.25, 0.3) is 10.2 Å². The molecular formula is C24H27N3O2S. The number of thiophene rings is 1. The zero-order valence-corrected chi connectivity index (χ0v) is 18.3. The van der Waals surface area contributed by atoms with Crippen molar-refractivity contribution < 1.29 is 9.59 Å². The maximum atomic E-state index is 13.8. The number of benzene rings is 1. The van der Waals surface area contributed by atoms with E-state index in [4.69, 9.17) is 0 Å². The average Bonchev–Trinajstić information content (AvgIpc) is 3.47. The van der Waals surface area contributed by atoms with Crippen LogP contribution in [0.3, 0.4) is 0 Å². The van der Waals surface area contributed by atoms with E-state index in [-0.39, 0.29) is 17.9 Å². The molecule has 1 atom stereocenters. The monoisotopic (exact) mass is 421 g/mol. The molecule has 0 saturated heterocycles. The van der Waals surface area contributed by atoms with Crippen molar-refractivity contribution in [3.8, 4) is 0 Å². The number of aromatic nitrogens is 1. The van der Waals surface area contributed by atoms with Crippen LogP contribution in [0.5, 0.6) is 0 Å². The molecule has 3 aromatic rings. The van der Waals surface area contributed by atoms with E-state index in [9.17, 15) is 9.59 Å². The Hall–Kier alpha value is -2.60. The maximum Gasteiger partial charge on any atom is 0.275 e. The second-order valence-electron chi connectivity index (χ2n) is 8.69. The van der Waals surface area contributed by atoms with Gasteiger partial charge >= 0.3 is 0 Å². The van der Waals surface area contributed by atoms with Gasteiger partial charge in [-0.15, -0.1) is 11.3 Å². The van der Waals surface area contributed by atoms with Gasteiger partial charge in [-0.05, 0) is 61.4 Å². The zero-order valence-electron chi connectivity index (χ0n) is 17.5. The lowest BCUT2D eigenvalue weighted by molar-refractivity contribution is -0.127. The van der Waals surface area contributed by atoms with Gasteiger partial charge in [0, 0.05) is 17.1 Å². The predicted octanol–water partition coefficient (Wildman–Crippen LogP) is 4.74. The van der Waals surface area contributed by atoms with Crippen LogP contribution in [0.15, 0.2) is 41.8 Å². The van der Waals surface area contributed by atoms with Gasteiger partial charge in [0.2, 0.25) is 5.91 Å². The summed E-state index contributed by atoms with van der Waals surface area (Å²) in [7, 11) is 0. The molecule has 2 aromatic heterocycles. The van der Waals surface area contributed by atoms with Crippen molar-refractivity contribution in [2.24, 2.45) is 0 Å². The number of carbonyl (C=O) groups excluding carboxylic acids is 2. The van der Waals surface area contributed by atoms with E-state index < -0.39 is 5.54 Å². The molecule has 1 aliphatic carbocycles. The Morgan fingerprint density at radius 1 is 1.23 bits per heavy atom. The summed E-state index contributed by atoms with van der Waals surface area (Å²) in [5.41, 5.74) is 1.61. The summed E-state index contributed by atoms with van der Waals surface area (Å²) in [6.07, 6.45) is 5.23. The summed E-state index contributed by atoms with van der Waals surface area (Å²) in [6, 6.07) is 12.2. The fraction of sp³-hybridized carbons (Fsp3) is 0.417. The van der Waals surface area contributed by atoms with Gasteiger partial charge in [0.15, 0.2) is 0 Å². The number of carbonyl (C=O) groups is 2. The molecular weight excluding hydrogens is 394 g/mol. The van der Waals surface area contributed by atoms with E-state index in [2.05, 4.69) is 18.3 Å². The van der Waals surface area contributed by atoms with Crippen LogP contribution in [0.4, 0.5) is 5.69 Å². The molecule has 0 spiro atoms. The van der Waals surface area contributed by atoms with Gasteiger partial charge in [-0.25, -0.2) is 0 Å². The third-order valence-electron chi connectivity index (χ3n) is 6.64. The van der Waals surface area contributed by atoms with Crippen LogP contribution in [-0.2, 0) is 17.8 Å². The van der Waals surface area contributed by atoms with Crippen LogP contribution in [-0.4, -0.2) is 28.0 Å². The Balaban J connectivity index is 1.63. The number of hydrogen-bond acceptors (Lipinski definition) is 3. The fourth-order valence-electron chi connectivity index (χ4n) is 4.93. The molecule has 30 heavy (non-hydrogen) atoms. The molecule has 3 heterocycles. The van der Waals surface area contributed by atoms with Crippen molar-refractivity contribution in [2.75, 3.05) is 4.90 Å². The molecule has 2 amide bonds. The number of amides is 2. The lowest BCUT2D eigenvalue weighted by Crippen LogP contribution is -2.65. The van der Waals surface area contributed by atoms with E-state index in [1.165, 1.54) is 0 Å². The summed E-state index contributed by atoms with van der Waals surface area (Å²) < 4.78 is 2.04. The summed E-state index contributed by atoms with van der Waals surface area (Å²) >= 11 is 1.62. The highest BCUT2D eigenvalue weighted by Crippen LogP contribution is 2.38. The van der Waals surface area contributed by atoms with Crippen LogP contribution in [0.1, 0.15) is 55.6 Å². The summed E-state index contributed by atoms with van der Waals surface area (Å²) in [5.74, 6) is -0.171. The highest BCUT2D eigenvalue weighted by Gasteiger charge is 2.49. The highest BCUT2D eigenvalue weighted by molar-refractivity contribution is 7.16. The maximum absolute atomic E-state index is 13.8. The number of nitrogens with zero attached hydrogens (tertiary/aromatic N) is 2. The Bertz CT molecular complexity index is 1120. The molecule has 1 saturated carbocycles. The molecule has 5 nitrogen and oxygen atoms in total. The highest BCUT2D eigenvalue weighted by atomic mass is 32.1. The first-order valence-electron chi connectivity index (χ1n) is 10.8. The molecule has 0 unspecified atom stereocenters. The Kier molecular flexibility index (Phi) is 4.69. The summed E-state index contributed by atoms with van der Waals surface area (Å²) in [4.78, 5) is 30.2. The van der Waals surface area contributed by atoms with Crippen LogP contribution in [0.2, 0.25) is 0 Å². The minimum Gasteiger partial charge on any atom is -0.351 e. The molecule has 0 bridgehead atoms. The third-order valence-corrected chi connectivity index (χ3v) is 7.59. The standard InChI is InChI=1S/C24H27N3O2S/c1-3-16-7-6-10-19(13-16)27-21(28)20-14-17-11-12-30-22(17)26(20)15-24(27,2)23(29)25-18-8-4-5-9-18/h6-7,10-14,18H,3-5,8-9,15H2,1-2H3,(H,25,29)/t24-/m1/s1. The molecule has 156 valence electrons. The molecule has 5 rings (SSSR count). The van der Waals surface area contributed by atoms with Gasteiger partial charge in [0.05, 0.1) is 6.54 Å². The van der Waals surface area contributed by atoms with Gasteiger partial charge in [0.25, 0.3) is 5.91 Å². The Labute approximate surface area is 180 Å². The lowest BCUT2D eigenvalue weighted by Gasteiger charge is -2.44. The van der Waals surface area contributed by atoms with Crippen molar-refractivity contribution in [3.05, 3.63) is 53.0 Å². The second kappa shape index (κ2) is 7.27. The predicted molar refractivity (Wildman–Crippen MR) is 121 cm³/mol. The van der Waals surface area contributed by atoms with Gasteiger partial charge in [0.1, 0.15) is 16.1 Å². The van der Waals surface area contributed by atoms with Crippen LogP contribution >= 0.6 is 11.3 Å². The number of hydrogen-bond donors (Lipinski definition) is 1. The number of aryl methyl sites for hydroxylation is 1. The minimum atomic E-state index is -0.991. The number of nitrogens with one attached hydrogen (secondary N) is 1. The Morgan fingerprint density at radius 3 is 2.80 bits per heavy atom. The van der Waals surface area contributed by atoms with E-state index in [0.29, 0.717) is 12.2 Å². The van der Waals surface area contributed by atoms with Crippen molar-refractivity contribution in [3.63, 3.8) is 0 Å². The second-order valence-corrected chi connectivity index (χ2v) is 9.58. The number of rotatable bonds is 4. The van der Waals surface area contributed by atoms with Crippen LogP contribution in [0, 0.1) is 0 Å². The van der Waals surface area contributed by atoms with Gasteiger partial charge in [-0.3, -0.25) is 14.5 Å². The first kappa shape index (κ1) is 19.4. The quantitative estimate of drug-likeness (QED) is 0.661. The van der Waals surface area contributed by atoms with E-state index in [1.807, 2.05) is 47.2 Å². The van der Waals surface area contributed by atoms with Crippen molar-refractivity contribution >= 4 is 39.1 Å². The van der Waals surface area contributed by atoms with E-state index >= 15 is 0 Å². The van der Waals surface area contributed by atoms with Gasteiger partial charge < -0.3 is 9.88 Å². The van der Waals surface area contributed by atoms with Crippen molar-refractivity contribution in [2.45, 2.75) is 64.1 Å². The number of fused-ring (bicyclic) bond motifs is 3.